The molecule has 2 aliphatic carbocycles. The van der Waals surface area contributed by atoms with Gasteiger partial charge in [-0.25, -0.2) is 9.97 Å². The third-order valence-electron chi connectivity index (χ3n) is 13.5. The molecule has 0 amide bonds. The van der Waals surface area contributed by atoms with E-state index in [0.717, 1.165) is 40.1 Å². The topological polar surface area (TPSA) is 30.7 Å². The Morgan fingerprint density at radius 2 is 0.985 bits per heavy atom. The number of nitrogens with zero attached hydrogens (tertiary/aromatic N) is 3. The lowest BCUT2D eigenvalue weighted by Gasteiger charge is -2.15. The summed E-state index contributed by atoms with van der Waals surface area (Å²) >= 11 is 0. The number of allylic oxidation sites excluding steroid dienone is 4. The highest BCUT2D eigenvalue weighted by Gasteiger charge is 2.28. The Bertz CT molecular complexity index is 3670. The molecule has 3 nitrogen and oxygen atoms in total. The summed E-state index contributed by atoms with van der Waals surface area (Å²) in [5, 5.41) is 5.17. The Morgan fingerprint density at radius 3 is 1.72 bits per heavy atom. The zero-order valence-corrected chi connectivity index (χ0v) is 35.6. The van der Waals surface area contributed by atoms with E-state index in [-0.39, 0.29) is 6.04 Å². The van der Waals surface area contributed by atoms with Gasteiger partial charge in [0.25, 0.3) is 0 Å². The molecule has 2 heterocycles. The summed E-state index contributed by atoms with van der Waals surface area (Å²) in [5.41, 5.74) is 20.1. The first-order valence-corrected chi connectivity index (χ1v) is 22.5. The summed E-state index contributed by atoms with van der Waals surface area (Å²) in [4.78, 5) is 10.4. The van der Waals surface area contributed by atoms with Crippen molar-refractivity contribution < 1.29 is 0 Å². The molecule has 13 rings (SSSR count). The van der Waals surface area contributed by atoms with Crippen molar-refractivity contribution in [1.82, 2.24) is 14.5 Å². The number of hydrogen-bond acceptors (Lipinski definition) is 2. The van der Waals surface area contributed by atoms with Crippen molar-refractivity contribution >= 4 is 38.2 Å². The summed E-state index contributed by atoms with van der Waals surface area (Å²) < 4.78 is 2.49. The SMILES string of the molecule is C1=CC(n2c3ccccc3c3ccccc32)C=C1c1cccc2c1-c1cc(-c3ccc(-c4nc(-c5ccccc5)cc(-c5cccc(-c6ccccc6)c5)n4)cc3)c3ccccc3c1C2. The average Bonchev–Trinajstić information content (AvgIpc) is 4.11. The van der Waals surface area contributed by atoms with Crippen molar-refractivity contribution in [3.05, 3.63) is 247 Å². The summed E-state index contributed by atoms with van der Waals surface area (Å²) in [7, 11) is 0. The van der Waals surface area contributed by atoms with Crippen molar-refractivity contribution in [2.24, 2.45) is 0 Å². The molecule has 0 radical (unpaired) electrons. The van der Waals surface area contributed by atoms with Gasteiger partial charge in [-0.3, -0.25) is 0 Å². The fourth-order valence-corrected chi connectivity index (χ4v) is 10.5. The molecule has 0 N–H and O–H groups in total. The van der Waals surface area contributed by atoms with Crippen molar-refractivity contribution in [2.75, 3.05) is 0 Å². The van der Waals surface area contributed by atoms with Crippen LogP contribution in [0.5, 0.6) is 0 Å². The molecule has 2 aliphatic rings. The number of para-hydroxylation sites is 2. The Kier molecular flexibility index (Phi) is 8.67. The van der Waals surface area contributed by atoms with E-state index in [1.54, 1.807) is 0 Å². The standard InChI is InChI=1S/C62H41N3/c1-3-15-40(16-4-1)44-19-13-20-46(35-44)58-39-57(42-17-5-2-6-18-42)63-62(64-58)43-31-29-41(30-32-43)54-38-56-55(51-23-8-7-22-50(51)54)37-47-21-14-26-49(61(47)56)45-33-34-48(36-45)65-59-27-11-9-24-52(59)53-25-10-12-28-60(53)65/h1-36,38-39,48H,37H2. The summed E-state index contributed by atoms with van der Waals surface area (Å²) in [5.74, 6) is 0.701. The number of hydrogen-bond donors (Lipinski definition) is 0. The number of benzene rings is 9. The second kappa shape index (κ2) is 15.1. The third kappa shape index (κ3) is 6.27. The minimum absolute atomic E-state index is 0.116. The minimum Gasteiger partial charge on any atom is -0.330 e. The van der Waals surface area contributed by atoms with Crippen LogP contribution in [0.2, 0.25) is 0 Å². The molecule has 0 spiro atoms. The number of fused-ring (bicyclic) bond motifs is 8. The van der Waals surface area contributed by atoms with E-state index in [0.29, 0.717) is 5.82 Å². The maximum atomic E-state index is 5.23. The van der Waals surface area contributed by atoms with Crippen LogP contribution in [0.25, 0.3) is 105 Å². The van der Waals surface area contributed by atoms with Gasteiger partial charge in [0.2, 0.25) is 0 Å². The maximum Gasteiger partial charge on any atom is 0.160 e. The molecule has 11 aromatic rings. The van der Waals surface area contributed by atoms with E-state index in [1.807, 2.05) is 6.07 Å². The van der Waals surface area contributed by atoms with Gasteiger partial charge in [-0.2, -0.15) is 0 Å². The third-order valence-corrected chi connectivity index (χ3v) is 13.5. The fraction of sp³-hybridized carbons (Fsp3) is 0.0323. The lowest BCUT2D eigenvalue weighted by molar-refractivity contribution is 0.792. The largest absolute Gasteiger partial charge is 0.330 e. The van der Waals surface area contributed by atoms with Crippen LogP contribution in [0.1, 0.15) is 22.7 Å². The Labute approximate surface area is 378 Å². The van der Waals surface area contributed by atoms with Crippen LogP contribution in [0, 0.1) is 0 Å². The molecule has 2 aromatic heterocycles. The Morgan fingerprint density at radius 1 is 0.400 bits per heavy atom. The molecule has 1 unspecified atom stereocenters. The average molecular weight is 828 g/mol. The van der Waals surface area contributed by atoms with E-state index in [1.165, 1.54) is 82.7 Å². The molecule has 3 heteroatoms. The summed E-state index contributed by atoms with van der Waals surface area (Å²) in [6.45, 7) is 0. The molecular weight excluding hydrogens is 787 g/mol. The van der Waals surface area contributed by atoms with Gasteiger partial charge in [0.05, 0.1) is 17.4 Å². The molecule has 304 valence electrons. The highest BCUT2D eigenvalue weighted by Crippen LogP contribution is 2.48. The van der Waals surface area contributed by atoms with E-state index < -0.39 is 0 Å². The van der Waals surface area contributed by atoms with Crippen molar-refractivity contribution in [3.63, 3.8) is 0 Å². The molecule has 0 fully saturated rings. The van der Waals surface area contributed by atoms with Crippen LogP contribution in [-0.4, -0.2) is 14.5 Å². The molecule has 0 saturated heterocycles. The van der Waals surface area contributed by atoms with E-state index in [4.69, 9.17) is 9.97 Å². The highest BCUT2D eigenvalue weighted by molar-refractivity contribution is 6.09. The van der Waals surface area contributed by atoms with E-state index >= 15 is 0 Å². The lowest BCUT2D eigenvalue weighted by Crippen LogP contribution is -2.01. The lowest BCUT2D eigenvalue weighted by atomic mass is 9.89. The molecule has 0 saturated carbocycles. The zero-order valence-electron chi connectivity index (χ0n) is 35.6. The summed E-state index contributed by atoms with van der Waals surface area (Å²) in [6, 6.07) is 76.5. The van der Waals surface area contributed by atoms with Gasteiger partial charge in [0, 0.05) is 38.5 Å². The van der Waals surface area contributed by atoms with Gasteiger partial charge in [-0.15, -0.1) is 0 Å². The van der Waals surface area contributed by atoms with Gasteiger partial charge >= 0.3 is 0 Å². The van der Waals surface area contributed by atoms with Gasteiger partial charge in [0.1, 0.15) is 0 Å². The fourth-order valence-electron chi connectivity index (χ4n) is 10.5. The molecule has 1 atom stereocenters. The van der Waals surface area contributed by atoms with Crippen LogP contribution in [-0.2, 0) is 6.42 Å². The second-order valence-electron chi connectivity index (χ2n) is 17.2. The van der Waals surface area contributed by atoms with E-state index in [2.05, 4.69) is 229 Å². The summed E-state index contributed by atoms with van der Waals surface area (Å²) in [6.07, 6.45) is 8.06. The van der Waals surface area contributed by atoms with Gasteiger partial charge in [0.15, 0.2) is 5.82 Å². The smallest absolute Gasteiger partial charge is 0.160 e. The van der Waals surface area contributed by atoms with E-state index in [9.17, 15) is 0 Å². The molecule has 0 bridgehead atoms. The zero-order chi connectivity index (χ0) is 42.8. The molecule has 65 heavy (non-hydrogen) atoms. The van der Waals surface area contributed by atoms with Crippen molar-refractivity contribution in [3.8, 4) is 67.3 Å². The first-order valence-electron chi connectivity index (χ1n) is 22.5. The monoisotopic (exact) mass is 827 g/mol. The minimum atomic E-state index is 0.116. The second-order valence-corrected chi connectivity index (χ2v) is 17.2. The van der Waals surface area contributed by atoms with Crippen LogP contribution in [0.15, 0.2) is 231 Å². The van der Waals surface area contributed by atoms with Crippen molar-refractivity contribution in [2.45, 2.75) is 12.5 Å². The normalized spacial score (nSPS) is 14.0. The Hall–Kier alpha value is -8.40. The predicted octanol–water partition coefficient (Wildman–Crippen LogP) is 15.8. The Balaban J connectivity index is 0.897. The number of rotatable bonds is 7. The maximum absolute atomic E-state index is 5.23. The quantitative estimate of drug-likeness (QED) is 0.160. The van der Waals surface area contributed by atoms with Gasteiger partial charge < -0.3 is 4.57 Å². The van der Waals surface area contributed by atoms with Crippen LogP contribution < -0.4 is 0 Å². The van der Waals surface area contributed by atoms with Gasteiger partial charge in [-0.1, -0.05) is 200 Å². The van der Waals surface area contributed by atoms with Crippen molar-refractivity contribution in [1.29, 1.82) is 0 Å². The first-order chi connectivity index (χ1) is 32.2. The first kappa shape index (κ1) is 37.2. The number of aromatic nitrogens is 3. The van der Waals surface area contributed by atoms with Crippen LogP contribution >= 0.6 is 0 Å². The predicted molar refractivity (Wildman–Crippen MR) is 271 cm³/mol. The molecule has 0 aliphatic heterocycles. The highest BCUT2D eigenvalue weighted by atomic mass is 15.0. The van der Waals surface area contributed by atoms with Crippen LogP contribution in [0.4, 0.5) is 0 Å². The van der Waals surface area contributed by atoms with Gasteiger partial charge in [-0.05, 0) is 103 Å². The van der Waals surface area contributed by atoms with Crippen LogP contribution in [0.3, 0.4) is 0 Å². The molecular formula is C62H41N3. The molecule has 9 aromatic carbocycles.